The Morgan fingerprint density at radius 1 is 1.38 bits per heavy atom. The Labute approximate surface area is 77.0 Å². The number of ether oxygens (including phenoxy) is 1. The van der Waals surface area contributed by atoms with Crippen LogP contribution in [0, 0.1) is 0 Å². The predicted octanol–water partition coefficient (Wildman–Crippen LogP) is -0.448. The second-order valence-electron chi connectivity index (χ2n) is 2.57. The first-order valence-corrected chi connectivity index (χ1v) is 5.62. The van der Waals surface area contributed by atoms with Crippen LogP contribution in [0.4, 0.5) is 0 Å². The molecule has 5 nitrogen and oxygen atoms in total. The van der Waals surface area contributed by atoms with Crippen molar-refractivity contribution in [2.24, 2.45) is 0 Å². The van der Waals surface area contributed by atoms with Crippen molar-refractivity contribution in [3.63, 3.8) is 0 Å². The third kappa shape index (κ3) is 3.54. The third-order valence-electron chi connectivity index (χ3n) is 1.30. The Hall–Kier alpha value is -0.910. The van der Waals surface area contributed by atoms with Crippen LogP contribution < -0.4 is 0 Å². The zero-order chi connectivity index (χ0) is 10.6. The minimum Gasteiger partial charge on any atom is -0.465 e. The van der Waals surface area contributed by atoms with Gasteiger partial charge in [-0.25, -0.2) is 8.42 Å². The van der Waals surface area contributed by atoms with Crippen molar-refractivity contribution in [1.82, 2.24) is 0 Å². The molecule has 13 heavy (non-hydrogen) atoms. The van der Waals surface area contributed by atoms with Gasteiger partial charge in [0.05, 0.1) is 6.61 Å². The molecule has 0 saturated heterocycles. The molecule has 0 aliphatic carbocycles. The van der Waals surface area contributed by atoms with Crippen LogP contribution >= 0.6 is 0 Å². The minimum atomic E-state index is -3.71. The summed E-state index contributed by atoms with van der Waals surface area (Å²) in [6, 6.07) is 0. The lowest BCUT2D eigenvalue weighted by Gasteiger charge is -2.09. The molecule has 0 rings (SSSR count). The molecule has 1 atom stereocenters. The molecule has 0 aromatic carbocycles. The lowest BCUT2D eigenvalue weighted by molar-refractivity contribution is -0.144. The van der Waals surface area contributed by atoms with Gasteiger partial charge >= 0.3 is 5.97 Å². The largest absolute Gasteiger partial charge is 0.465 e. The van der Waals surface area contributed by atoms with Crippen LogP contribution in [0.5, 0.6) is 0 Å². The third-order valence-corrected chi connectivity index (χ3v) is 2.68. The van der Waals surface area contributed by atoms with E-state index < -0.39 is 26.8 Å². The summed E-state index contributed by atoms with van der Waals surface area (Å²) < 4.78 is 26.4. The zero-order valence-electron chi connectivity index (χ0n) is 7.73. The molecule has 0 aromatic rings. The predicted molar refractivity (Wildman–Crippen MR) is 45.9 cm³/mol. The number of hydrogen-bond donors (Lipinski definition) is 0. The van der Waals surface area contributed by atoms with Crippen LogP contribution in [-0.2, 0) is 24.2 Å². The molecule has 76 valence electrons. The molecule has 0 aliphatic heterocycles. The summed E-state index contributed by atoms with van der Waals surface area (Å²) in [5.74, 6) is -1.72. The van der Waals surface area contributed by atoms with Crippen molar-refractivity contribution in [3.8, 4) is 0 Å². The number of sulfone groups is 1. The van der Waals surface area contributed by atoms with Crippen LogP contribution in [0.1, 0.15) is 13.8 Å². The van der Waals surface area contributed by atoms with Gasteiger partial charge in [-0.05, 0) is 13.8 Å². The van der Waals surface area contributed by atoms with E-state index in [1.165, 1.54) is 6.92 Å². The fraction of sp³-hybridized carbons (Fsp3) is 0.714. The molecule has 1 unspecified atom stereocenters. The summed E-state index contributed by atoms with van der Waals surface area (Å²) in [4.78, 5) is 21.8. The summed E-state index contributed by atoms with van der Waals surface area (Å²) in [6.07, 6.45) is 0.829. The van der Waals surface area contributed by atoms with Crippen molar-refractivity contribution in [2.75, 3.05) is 12.9 Å². The van der Waals surface area contributed by atoms with E-state index in [-0.39, 0.29) is 6.61 Å². The molecule has 0 fully saturated rings. The summed E-state index contributed by atoms with van der Waals surface area (Å²) in [5.41, 5.74) is 0. The van der Waals surface area contributed by atoms with Crippen molar-refractivity contribution in [2.45, 2.75) is 19.1 Å². The highest BCUT2D eigenvalue weighted by Gasteiger charge is 2.34. The van der Waals surface area contributed by atoms with E-state index in [2.05, 4.69) is 4.74 Å². The van der Waals surface area contributed by atoms with Crippen LogP contribution in [-0.4, -0.2) is 38.3 Å². The van der Waals surface area contributed by atoms with Crippen LogP contribution in [0.2, 0.25) is 0 Å². The van der Waals surface area contributed by atoms with E-state index >= 15 is 0 Å². The maximum atomic E-state index is 11.0. The maximum Gasteiger partial charge on any atom is 0.332 e. The molecule has 0 aromatic heterocycles. The van der Waals surface area contributed by atoms with E-state index in [1.54, 1.807) is 0 Å². The summed E-state index contributed by atoms with van der Waals surface area (Å²) >= 11 is 0. The van der Waals surface area contributed by atoms with Crippen molar-refractivity contribution >= 4 is 21.6 Å². The maximum absolute atomic E-state index is 11.0. The first-order chi connectivity index (χ1) is 5.80. The molecule has 0 spiro atoms. The Morgan fingerprint density at radius 3 is 2.08 bits per heavy atom. The van der Waals surface area contributed by atoms with E-state index in [0.29, 0.717) is 0 Å². The first kappa shape index (κ1) is 12.1. The standard InChI is InChI=1S/C7H12O5S/c1-4-12-7(9)6(5(2)8)13(3,10)11/h6H,4H2,1-3H3. The highest BCUT2D eigenvalue weighted by Crippen LogP contribution is 2.03. The van der Waals surface area contributed by atoms with Gasteiger partial charge in [-0.2, -0.15) is 0 Å². The van der Waals surface area contributed by atoms with E-state index in [0.717, 1.165) is 13.2 Å². The highest BCUT2D eigenvalue weighted by molar-refractivity contribution is 7.92. The SMILES string of the molecule is CCOC(=O)C(C(C)=O)S(C)(=O)=O. The lowest BCUT2D eigenvalue weighted by Crippen LogP contribution is -2.37. The number of rotatable bonds is 4. The Morgan fingerprint density at radius 2 is 1.85 bits per heavy atom. The van der Waals surface area contributed by atoms with Crippen LogP contribution in [0.15, 0.2) is 0 Å². The smallest absolute Gasteiger partial charge is 0.332 e. The fourth-order valence-electron chi connectivity index (χ4n) is 0.860. The Balaban J connectivity index is 4.85. The highest BCUT2D eigenvalue weighted by atomic mass is 32.2. The molecule has 0 amide bonds. The van der Waals surface area contributed by atoms with Gasteiger partial charge in [0.1, 0.15) is 0 Å². The molecule has 0 aliphatic rings. The normalized spacial score (nSPS) is 13.5. The quantitative estimate of drug-likeness (QED) is 0.462. The van der Waals surface area contributed by atoms with Gasteiger partial charge < -0.3 is 4.74 Å². The van der Waals surface area contributed by atoms with Crippen LogP contribution in [0.25, 0.3) is 0 Å². The monoisotopic (exact) mass is 208 g/mol. The van der Waals surface area contributed by atoms with Gasteiger partial charge in [0.2, 0.25) is 5.25 Å². The van der Waals surface area contributed by atoms with Gasteiger partial charge in [0, 0.05) is 6.26 Å². The number of carbonyl (C=O) groups excluding carboxylic acids is 2. The molecule has 0 bridgehead atoms. The number of esters is 1. The first-order valence-electron chi connectivity index (χ1n) is 3.66. The van der Waals surface area contributed by atoms with Gasteiger partial charge in [-0.15, -0.1) is 0 Å². The molecule has 0 saturated carbocycles. The van der Waals surface area contributed by atoms with Crippen molar-refractivity contribution < 1.29 is 22.7 Å². The Bertz CT molecular complexity index is 303. The lowest BCUT2D eigenvalue weighted by atomic mass is 10.3. The summed E-state index contributed by atoms with van der Waals surface area (Å²) in [7, 11) is -3.71. The number of hydrogen-bond acceptors (Lipinski definition) is 5. The average molecular weight is 208 g/mol. The summed E-state index contributed by atoms with van der Waals surface area (Å²) in [6.45, 7) is 2.64. The number of carbonyl (C=O) groups is 2. The second-order valence-corrected chi connectivity index (χ2v) is 4.70. The molecule has 0 N–H and O–H groups in total. The number of ketones is 1. The second kappa shape index (κ2) is 4.36. The van der Waals surface area contributed by atoms with E-state index in [1.807, 2.05) is 0 Å². The molecular formula is C7H12O5S. The van der Waals surface area contributed by atoms with Crippen molar-refractivity contribution in [3.05, 3.63) is 0 Å². The average Bonchev–Trinajstić information content (AvgIpc) is 1.82. The fourth-order valence-corrected chi connectivity index (χ4v) is 1.88. The summed E-state index contributed by atoms with van der Waals surface area (Å²) in [5, 5.41) is -1.67. The van der Waals surface area contributed by atoms with Gasteiger partial charge in [-0.1, -0.05) is 0 Å². The van der Waals surface area contributed by atoms with Gasteiger partial charge in [-0.3, -0.25) is 9.59 Å². The number of Topliss-reactive ketones (excluding diaryl/α,β-unsaturated/α-hetero) is 1. The zero-order valence-corrected chi connectivity index (χ0v) is 8.55. The Kier molecular flexibility index (Phi) is 4.06. The minimum absolute atomic E-state index is 0.0537. The van der Waals surface area contributed by atoms with Gasteiger partial charge in [0.15, 0.2) is 15.6 Å². The molecule has 0 heterocycles. The topological polar surface area (TPSA) is 77.5 Å². The van der Waals surface area contributed by atoms with E-state index in [9.17, 15) is 18.0 Å². The van der Waals surface area contributed by atoms with Crippen molar-refractivity contribution in [1.29, 1.82) is 0 Å². The van der Waals surface area contributed by atoms with Gasteiger partial charge in [0.25, 0.3) is 0 Å². The van der Waals surface area contributed by atoms with Crippen LogP contribution in [0.3, 0.4) is 0 Å². The molecular weight excluding hydrogens is 196 g/mol. The van der Waals surface area contributed by atoms with E-state index in [4.69, 9.17) is 0 Å². The molecule has 0 radical (unpaired) electrons. The molecule has 6 heteroatoms.